The number of nitrogens with one attached hydrogen (secondary N) is 1. The van der Waals surface area contributed by atoms with Gasteiger partial charge in [0.1, 0.15) is 5.82 Å². The molecule has 0 aliphatic carbocycles. The molecular formula is C19H24N6O. The molecule has 0 saturated carbocycles. The summed E-state index contributed by atoms with van der Waals surface area (Å²) >= 11 is 0. The highest BCUT2D eigenvalue weighted by molar-refractivity contribution is 5.94. The van der Waals surface area contributed by atoms with Gasteiger partial charge >= 0.3 is 0 Å². The Bertz CT molecular complexity index is 746. The largest absolute Gasteiger partial charge is 0.366 e. The van der Waals surface area contributed by atoms with Crippen LogP contribution in [0.15, 0.2) is 48.9 Å². The van der Waals surface area contributed by atoms with Gasteiger partial charge in [-0.05, 0) is 31.5 Å². The predicted molar refractivity (Wildman–Crippen MR) is 102 cm³/mol. The molecule has 1 aliphatic heterocycles. The Labute approximate surface area is 153 Å². The van der Waals surface area contributed by atoms with E-state index in [4.69, 9.17) is 0 Å². The summed E-state index contributed by atoms with van der Waals surface area (Å²) in [5.41, 5.74) is 1.64. The summed E-state index contributed by atoms with van der Waals surface area (Å²) in [5, 5.41) is 3.17. The molecule has 0 unspecified atom stereocenters. The summed E-state index contributed by atoms with van der Waals surface area (Å²) < 4.78 is 0. The van der Waals surface area contributed by atoms with Crippen LogP contribution in [0.3, 0.4) is 0 Å². The average molecular weight is 352 g/mol. The van der Waals surface area contributed by atoms with Gasteiger partial charge in [0, 0.05) is 51.3 Å². The molecule has 0 aromatic carbocycles. The number of rotatable bonds is 5. The van der Waals surface area contributed by atoms with Crippen molar-refractivity contribution >= 4 is 17.7 Å². The minimum absolute atomic E-state index is 0.0137. The summed E-state index contributed by atoms with van der Waals surface area (Å²) in [6, 6.07) is 5.45. The monoisotopic (exact) mass is 352 g/mol. The normalized spacial score (nSPS) is 14.7. The molecule has 0 atom stereocenters. The third-order valence-corrected chi connectivity index (χ3v) is 4.20. The van der Waals surface area contributed by atoms with Crippen LogP contribution in [-0.2, 0) is 0 Å². The first-order valence-electron chi connectivity index (χ1n) is 8.79. The molecule has 136 valence electrons. The maximum absolute atomic E-state index is 12.8. The van der Waals surface area contributed by atoms with Gasteiger partial charge in [0.15, 0.2) is 0 Å². The van der Waals surface area contributed by atoms with Crippen molar-refractivity contribution in [3.8, 4) is 0 Å². The Balaban J connectivity index is 1.60. The van der Waals surface area contributed by atoms with Gasteiger partial charge in [-0.25, -0.2) is 15.0 Å². The number of hydrogen-bond donors (Lipinski definition) is 1. The fourth-order valence-electron chi connectivity index (χ4n) is 2.82. The third-order valence-electron chi connectivity index (χ3n) is 4.20. The molecule has 7 nitrogen and oxygen atoms in total. The van der Waals surface area contributed by atoms with Crippen LogP contribution < -0.4 is 10.2 Å². The number of carbonyl (C=O) groups excluding carboxylic acids is 1. The Morgan fingerprint density at radius 1 is 1.15 bits per heavy atom. The zero-order valence-corrected chi connectivity index (χ0v) is 15.1. The molecule has 1 aliphatic rings. The molecule has 0 spiro atoms. The van der Waals surface area contributed by atoms with Gasteiger partial charge in [-0.3, -0.25) is 4.79 Å². The number of hydrogen-bond acceptors (Lipinski definition) is 6. The Kier molecular flexibility index (Phi) is 5.78. The average Bonchev–Trinajstić information content (AvgIpc) is 2.93. The van der Waals surface area contributed by atoms with E-state index in [1.165, 1.54) is 0 Å². The molecule has 2 aromatic rings. The summed E-state index contributed by atoms with van der Waals surface area (Å²) in [4.78, 5) is 29.7. The second-order valence-corrected chi connectivity index (χ2v) is 6.42. The maximum Gasteiger partial charge on any atom is 0.255 e. The van der Waals surface area contributed by atoms with E-state index in [1.54, 1.807) is 24.7 Å². The van der Waals surface area contributed by atoms with Crippen LogP contribution in [0.5, 0.6) is 0 Å². The van der Waals surface area contributed by atoms with Crippen LogP contribution in [0.25, 0.3) is 0 Å². The summed E-state index contributed by atoms with van der Waals surface area (Å²) in [5.74, 6) is 1.48. The van der Waals surface area contributed by atoms with Gasteiger partial charge in [0.25, 0.3) is 5.91 Å². The highest BCUT2D eigenvalue weighted by Crippen LogP contribution is 2.13. The smallest absolute Gasteiger partial charge is 0.255 e. The first-order valence-corrected chi connectivity index (χ1v) is 8.79. The van der Waals surface area contributed by atoms with Crippen molar-refractivity contribution < 1.29 is 4.79 Å². The molecule has 1 fully saturated rings. The summed E-state index contributed by atoms with van der Waals surface area (Å²) in [6.07, 6.45) is 6.00. The number of anilines is 2. The lowest BCUT2D eigenvalue weighted by atomic mass is 10.2. The van der Waals surface area contributed by atoms with Gasteiger partial charge in [-0.1, -0.05) is 12.2 Å². The molecule has 3 heterocycles. The quantitative estimate of drug-likeness (QED) is 0.832. The molecular weight excluding hydrogens is 328 g/mol. The van der Waals surface area contributed by atoms with Gasteiger partial charge in [0.05, 0.1) is 5.56 Å². The number of nitrogens with zero attached hydrogens (tertiary/aromatic N) is 5. The molecule has 0 bridgehead atoms. The standard InChI is InChI=1S/C19H24N6O/c1-15(2)13-22-17-6-5-16(14-23-17)18(26)24-9-4-10-25(12-11-24)19-20-7-3-8-21-19/h3,5-8,14H,1,4,9-13H2,2H3,(H,22,23). The minimum atomic E-state index is 0.0137. The lowest BCUT2D eigenvalue weighted by molar-refractivity contribution is 0.0766. The van der Waals surface area contributed by atoms with Crippen molar-refractivity contribution in [3.63, 3.8) is 0 Å². The fourth-order valence-corrected chi connectivity index (χ4v) is 2.82. The van der Waals surface area contributed by atoms with Gasteiger partial charge in [-0.15, -0.1) is 0 Å². The molecule has 1 amide bonds. The zero-order chi connectivity index (χ0) is 18.4. The van der Waals surface area contributed by atoms with Crippen molar-refractivity contribution in [1.82, 2.24) is 19.9 Å². The van der Waals surface area contributed by atoms with Crippen LogP contribution in [0.1, 0.15) is 23.7 Å². The van der Waals surface area contributed by atoms with Gasteiger partial charge in [-0.2, -0.15) is 0 Å². The van der Waals surface area contributed by atoms with Crippen LogP contribution in [0.4, 0.5) is 11.8 Å². The predicted octanol–water partition coefficient (Wildman–Crippen LogP) is 2.21. The van der Waals surface area contributed by atoms with Crippen LogP contribution in [-0.4, -0.2) is 58.5 Å². The van der Waals surface area contributed by atoms with E-state index in [1.807, 2.05) is 24.0 Å². The lowest BCUT2D eigenvalue weighted by Crippen LogP contribution is -2.35. The van der Waals surface area contributed by atoms with Crippen LogP contribution in [0.2, 0.25) is 0 Å². The van der Waals surface area contributed by atoms with E-state index in [9.17, 15) is 4.79 Å². The number of pyridine rings is 1. The minimum Gasteiger partial charge on any atom is -0.366 e. The van der Waals surface area contributed by atoms with E-state index >= 15 is 0 Å². The fraction of sp³-hybridized carbons (Fsp3) is 0.368. The third kappa shape index (κ3) is 4.56. The Hall–Kier alpha value is -2.96. The topological polar surface area (TPSA) is 74.2 Å². The molecule has 1 N–H and O–H groups in total. The summed E-state index contributed by atoms with van der Waals surface area (Å²) in [6.45, 7) is 9.41. The molecule has 26 heavy (non-hydrogen) atoms. The second kappa shape index (κ2) is 8.42. The van der Waals surface area contributed by atoms with Crippen molar-refractivity contribution in [1.29, 1.82) is 0 Å². The molecule has 2 aromatic heterocycles. The van der Waals surface area contributed by atoms with Crippen molar-refractivity contribution in [2.75, 3.05) is 42.9 Å². The maximum atomic E-state index is 12.8. The van der Waals surface area contributed by atoms with Crippen LogP contribution >= 0.6 is 0 Å². The Morgan fingerprint density at radius 3 is 2.65 bits per heavy atom. The first kappa shape index (κ1) is 17.8. The number of amides is 1. The highest BCUT2D eigenvalue weighted by atomic mass is 16.2. The second-order valence-electron chi connectivity index (χ2n) is 6.42. The van der Waals surface area contributed by atoms with Crippen molar-refractivity contribution in [3.05, 3.63) is 54.5 Å². The first-order chi connectivity index (χ1) is 12.6. The molecule has 1 saturated heterocycles. The SMILES string of the molecule is C=C(C)CNc1ccc(C(=O)N2CCCN(c3ncccn3)CC2)cn1. The Morgan fingerprint density at radius 2 is 1.96 bits per heavy atom. The van der Waals surface area contributed by atoms with Gasteiger partial charge < -0.3 is 15.1 Å². The molecule has 7 heteroatoms. The van der Waals surface area contributed by atoms with Gasteiger partial charge in [0.2, 0.25) is 5.95 Å². The zero-order valence-electron chi connectivity index (χ0n) is 15.1. The van der Waals surface area contributed by atoms with E-state index in [2.05, 4.69) is 31.7 Å². The van der Waals surface area contributed by atoms with E-state index < -0.39 is 0 Å². The van der Waals surface area contributed by atoms with E-state index in [-0.39, 0.29) is 5.91 Å². The lowest BCUT2D eigenvalue weighted by Gasteiger charge is -2.22. The highest BCUT2D eigenvalue weighted by Gasteiger charge is 2.21. The molecule has 3 rings (SSSR count). The van der Waals surface area contributed by atoms with Crippen LogP contribution in [0, 0.1) is 0 Å². The number of carbonyl (C=O) groups is 1. The van der Waals surface area contributed by atoms with E-state index in [0.29, 0.717) is 18.7 Å². The summed E-state index contributed by atoms with van der Waals surface area (Å²) in [7, 11) is 0. The van der Waals surface area contributed by atoms with Crippen molar-refractivity contribution in [2.24, 2.45) is 0 Å². The molecule has 0 radical (unpaired) electrons. The number of aromatic nitrogens is 3. The van der Waals surface area contributed by atoms with Crippen molar-refractivity contribution in [2.45, 2.75) is 13.3 Å². The van der Waals surface area contributed by atoms with E-state index in [0.717, 1.165) is 43.4 Å².